The Morgan fingerprint density at radius 2 is 2.05 bits per heavy atom. The van der Waals surface area contributed by atoms with Gasteiger partial charge < -0.3 is 9.80 Å². The summed E-state index contributed by atoms with van der Waals surface area (Å²) in [7, 11) is 0. The van der Waals surface area contributed by atoms with Gasteiger partial charge >= 0.3 is 0 Å². The molecule has 4 heteroatoms. The number of benzene rings is 1. The highest BCUT2D eigenvalue weighted by molar-refractivity contribution is 5.79. The summed E-state index contributed by atoms with van der Waals surface area (Å²) in [6.07, 6.45) is 5.67. The van der Waals surface area contributed by atoms with Gasteiger partial charge in [-0.15, -0.1) is 0 Å². The third kappa shape index (κ3) is 3.86. The number of piperidine rings is 2. The molecule has 22 heavy (non-hydrogen) atoms. The Bertz CT molecular complexity index is 514. The number of nitrogens with one attached hydrogen (secondary N) is 1. The van der Waals surface area contributed by atoms with Crippen LogP contribution in [0.2, 0.25) is 0 Å². The monoisotopic (exact) mass is 305 g/mol. The number of nitrogens with zero attached hydrogens (tertiary/aromatic N) is 1. The van der Waals surface area contributed by atoms with Gasteiger partial charge in [0, 0.05) is 18.7 Å². The van der Waals surface area contributed by atoms with E-state index in [-0.39, 0.29) is 11.7 Å². The fourth-order valence-electron chi connectivity index (χ4n) is 3.83. The summed E-state index contributed by atoms with van der Waals surface area (Å²) in [5, 5.41) is 0. The first-order chi connectivity index (χ1) is 10.7. The van der Waals surface area contributed by atoms with Crippen molar-refractivity contribution in [3.05, 3.63) is 35.6 Å². The minimum atomic E-state index is -0.171. The molecule has 0 bridgehead atoms. The van der Waals surface area contributed by atoms with Gasteiger partial charge in [-0.25, -0.2) is 4.39 Å². The van der Waals surface area contributed by atoms with Crippen LogP contribution in [0.15, 0.2) is 24.3 Å². The standard InChI is InChI=1S/C18H25FN2O/c19-17-8-4-6-15(12-17)13-20-9-5-7-16(14-20)18(22)21-10-2-1-3-11-21/h4,6,8,12,16H,1-3,5,7,9-11,13-14H2/p+1/t16-/m0/s1. The molecule has 1 amide bonds. The van der Waals surface area contributed by atoms with Gasteiger partial charge in [0.1, 0.15) is 12.4 Å². The van der Waals surface area contributed by atoms with E-state index in [2.05, 4.69) is 4.90 Å². The molecular formula is C18H26FN2O+. The first-order valence-corrected chi connectivity index (χ1v) is 8.59. The molecule has 120 valence electrons. The van der Waals surface area contributed by atoms with E-state index >= 15 is 0 Å². The van der Waals surface area contributed by atoms with Crippen molar-refractivity contribution in [3.63, 3.8) is 0 Å². The van der Waals surface area contributed by atoms with E-state index in [9.17, 15) is 9.18 Å². The van der Waals surface area contributed by atoms with E-state index in [0.717, 1.165) is 64.0 Å². The highest BCUT2D eigenvalue weighted by Gasteiger charge is 2.32. The first kappa shape index (κ1) is 15.5. The normalized spacial score (nSPS) is 26.0. The Morgan fingerprint density at radius 3 is 2.82 bits per heavy atom. The van der Waals surface area contributed by atoms with Crippen molar-refractivity contribution in [3.8, 4) is 0 Å². The Kier molecular flexibility index (Phi) is 5.08. The van der Waals surface area contributed by atoms with E-state index in [4.69, 9.17) is 0 Å². The van der Waals surface area contributed by atoms with Crippen LogP contribution in [0.4, 0.5) is 4.39 Å². The summed E-state index contributed by atoms with van der Waals surface area (Å²) >= 11 is 0. The molecule has 1 aromatic rings. The van der Waals surface area contributed by atoms with Crippen molar-refractivity contribution in [2.75, 3.05) is 26.2 Å². The molecule has 2 saturated heterocycles. The van der Waals surface area contributed by atoms with Crippen molar-refractivity contribution in [1.29, 1.82) is 0 Å². The Labute approximate surface area is 132 Å². The predicted molar refractivity (Wildman–Crippen MR) is 84.0 cm³/mol. The van der Waals surface area contributed by atoms with E-state index in [1.807, 2.05) is 6.07 Å². The van der Waals surface area contributed by atoms with Gasteiger partial charge in [0.15, 0.2) is 0 Å². The molecule has 2 aliphatic rings. The molecule has 1 aromatic carbocycles. The summed E-state index contributed by atoms with van der Waals surface area (Å²) in [4.78, 5) is 16.1. The van der Waals surface area contributed by atoms with Crippen LogP contribution in [-0.4, -0.2) is 37.0 Å². The van der Waals surface area contributed by atoms with Gasteiger partial charge in [-0.2, -0.15) is 0 Å². The molecule has 0 radical (unpaired) electrons. The molecule has 1 unspecified atom stereocenters. The van der Waals surface area contributed by atoms with Crippen molar-refractivity contribution in [2.24, 2.45) is 5.92 Å². The summed E-state index contributed by atoms with van der Waals surface area (Å²) in [6, 6.07) is 6.84. The highest BCUT2D eigenvalue weighted by Crippen LogP contribution is 2.16. The minimum Gasteiger partial charge on any atom is -0.342 e. The van der Waals surface area contributed by atoms with Gasteiger partial charge in [-0.3, -0.25) is 4.79 Å². The van der Waals surface area contributed by atoms with Crippen LogP contribution < -0.4 is 4.90 Å². The topological polar surface area (TPSA) is 24.8 Å². The van der Waals surface area contributed by atoms with Crippen LogP contribution in [0.5, 0.6) is 0 Å². The van der Waals surface area contributed by atoms with Crippen LogP contribution >= 0.6 is 0 Å². The number of halogens is 1. The molecule has 0 aromatic heterocycles. The zero-order chi connectivity index (χ0) is 15.4. The van der Waals surface area contributed by atoms with Crippen molar-refractivity contribution in [2.45, 2.75) is 38.6 Å². The SMILES string of the molecule is O=C([C@H]1CCC[NH+](Cc2cccc(F)c2)C1)N1CCCCC1. The molecular weight excluding hydrogens is 279 g/mol. The molecule has 0 spiro atoms. The summed E-state index contributed by atoms with van der Waals surface area (Å²) < 4.78 is 13.3. The van der Waals surface area contributed by atoms with E-state index in [1.54, 1.807) is 12.1 Å². The fraction of sp³-hybridized carbons (Fsp3) is 0.611. The number of rotatable bonds is 3. The lowest BCUT2D eigenvalue weighted by Gasteiger charge is -2.34. The number of amides is 1. The molecule has 2 fully saturated rings. The third-order valence-corrected chi connectivity index (χ3v) is 4.98. The molecule has 0 saturated carbocycles. The van der Waals surface area contributed by atoms with Crippen LogP contribution in [0.3, 0.4) is 0 Å². The third-order valence-electron chi connectivity index (χ3n) is 4.98. The van der Waals surface area contributed by atoms with Crippen molar-refractivity contribution >= 4 is 5.91 Å². The smallest absolute Gasteiger partial charge is 0.231 e. The number of hydrogen-bond acceptors (Lipinski definition) is 1. The average molecular weight is 305 g/mol. The number of carbonyl (C=O) groups excluding carboxylic acids is 1. The zero-order valence-corrected chi connectivity index (χ0v) is 13.2. The van der Waals surface area contributed by atoms with Gasteiger partial charge in [-0.05, 0) is 44.2 Å². The average Bonchev–Trinajstić information content (AvgIpc) is 2.55. The molecule has 3 nitrogen and oxygen atoms in total. The van der Waals surface area contributed by atoms with Gasteiger partial charge in [-0.1, -0.05) is 12.1 Å². The molecule has 2 aliphatic heterocycles. The minimum absolute atomic E-state index is 0.162. The Hall–Kier alpha value is -1.42. The van der Waals surface area contributed by atoms with Gasteiger partial charge in [0.25, 0.3) is 0 Å². The number of likely N-dealkylation sites (tertiary alicyclic amines) is 2. The molecule has 2 atom stereocenters. The number of carbonyl (C=O) groups is 1. The fourth-order valence-corrected chi connectivity index (χ4v) is 3.83. The number of quaternary nitrogens is 1. The van der Waals surface area contributed by atoms with Crippen LogP contribution in [0.1, 0.15) is 37.7 Å². The lowest BCUT2D eigenvalue weighted by molar-refractivity contribution is -0.921. The quantitative estimate of drug-likeness (QED) is 0.902. The second-order valence-electron chi connectivity index (χ2n) is 6.74. The lowest BCUT2D eigenvalue weighted by Crippen LogP contribution is -3.12. The second kappa shape index (κ2) is 7.23. The molecule has 3 rings (SSSR count). The lowest BCUT2D eigenvalue weighted by atomic mass is 9.95. The summed E-state index contributed by atoms with van der Waals surface area (Å²) in [6.45, 7) is 4.68. The predicted octanol–water partition coefficient (Wildman–Crippen LogP) is 1.63. The Morgan fingerprint density at radius 1 is 1.23 bits per heavy atom. The van der Waals surface area contributed by atoms with E-state index < -0.39 is 0 Å². The Balaban J connectivity index is 1.57. The van der Waals surface area contributed by atoms with Crippen LogP contribution in [0.25, 0.3) is 0 Å². The molecule has 2 heterocycles. The summed E-state index contributed by atoms with van der Waals surface area (Å²) in [5.41, 5.74) is 1.03. The molecule has 1 N–H and O–H groups in total. The molecule has 0 aliphatic carbocycles. The van der Waals surface area contributed by atoms with Gasteiger partial charge in [0.2, 0.25) is 5.91 Å². The van der Waals surface area contributed by atoms with Gasteiger partial charge in [0.05, 0.1) is 19.0 Å². The second-order valence-corrected chi connectivity index (χ2v) is 6.74. The van der Waals surface area contributed by atoms with Crippen molar-refractivity contribution in [1.82, 2.24) is 4.90 Å². The highest BCUT2D eigenvalue weighted by atomic mass is 19.1. The maximum absolute atomic E-state index is 13.3. The van der Waals surface area contributed by atoms with Crippen LogP contribution in [-0.2, 0) is 11.3 Å². The van der Waals surface area contributed by atoms with E-state index in [1.165, 1.54) is 17.4 Å². The zero-order valence-electron chi connectivity index (χ0n) is 13.2. The maximum atomic E-state index is 13.3. The largest absolute Gasteiger partial charge is 0.342 e. The van der Waals surface area contributed by atoms with Crippen molar-refractivity contribution < 1.29 is 14.1 Å². The van der Waals surface area contributed by atoms with Crippen LogP contribution in [0, 0.1) is 11.7 Å². The number of hydrogen-bond donors (Lipinski definition) is 1. The first-order valence-electron chi connectivity index (χ1n) is 8.59. The van der Waals surface area contributed by atoms with E-state index in [0.29, 0.717) is 5.91 Å². The maximum Gasteiger partial charge on any atom is 0.231 e. The summed E-state index contributed by atoms with van der Waals surface area (Å²) in [5.74, 6) is 0.349.